The first-order chi connectivity index (χ1) is 10.1. The van der Waals surface area contributed by atoms with Crippen molar-refractivity contribution in [1.82, 2.24) is 0 Å². The molecular weight excluding hydrogens is 258 g/mol. The number of para-hydroxylation sites is 2. The second kappa shape index (κ2) is 3.79. The highest BCUT2D eigenvalue weighted by atomic mass is 15.4. The summed E-state index contributed by atoms with van der Waals surface area (Å²) < 4.78 is 0. The van der Waals surface area contributed by atoms with E-state index in [4.69, 9.17) is 0 Å². The summed E-state index contributed by atoms with van der Waals surface area (Å²) in [6.07, 6.45) is 0.263. The van der Waals surface area contributed by atoms with Gasteiger partial charge in [0, 0.05) is 18.2 Å². The van der Waals surface area contributed by atoms with Gasteiger partial charge in [-0.1, -0.05) is 26.0 Å². The molecule has 2 aromatic rings. The van der Waals surface area contributed by atoms with Crippen LogP contribution in [0.4, 0.5) is 17.1 Å². The van der Waals surface area contributed by atoms with Gasteiger partial charge in [0.05, 0.1) is 23.0 Å². The van der Waals surface area contributed by atoms with Crippen molar-refractivity contribution in [3.8, 4) is 6.07 Å². The van der Waals surface area contributed by atoms with Gasteiger partial charge >= 0.3 is 0 Å². The first kappa shape index (κ1) is 12.3. The Hall–Kier alpha value is -2.47. The van der Waals surface area contributed by atoms with E-state index >= 15 is 0 Å². The molecular formula is C18H17N3. The van der Waals surface area contributed by atoms with Gasteiger partial charge in [-0.25, -0.2) is 0 Å². The number of rotatable bonds is 0. The summed E-state index contributed by atoms with van der Waals surface area (Å²) in [4.78, 5) is 4.76. The summed E-state index contributed by atoms with van der Waals surface area (Å²) >= 11 is 0. The van der Waals surface area contributed by atoms with Crippen molar-refractivity contribution in [1.29, 1.82) is 5.26 Å². The number of nitrogens with zero attached hydrogens (tertiary/aromatic N) is 3. The zero-order valence-corrected chi connectivity index (χ0v) is 12.5. The average Bonchev–Trinajstić information content (AvgIpc) is 2.92. The smallest absolute Gasteiger partial charge is 0.115 e. The Morgan fingerprint density at radius 3 is 2.48 bits per heavy atom. The van der Waals surface area contributed by atoms with Crippen molar-refractivity contribution in [2.45, 2.75) is 25.4 Å². The quantitative estimate of drug-likeness (QED) is 0.733. The molecule has 0 aromatic heterocycles. The lowest BCUT2D eigenvalue weighted by molar-refractivity contribution is 0.442. The molecule has 0 fully saturated rings. The lowest BCUT2D eigenvalue weighted by Crippen LogP contribution is -2.46. The standard InChI is InChI=1S/C18H17N3/c1-18(2)13-10-12(11-19)8-9-14(13)21-16-7-5-4-6-15(16)20(3)17(18)21/h4-10,17H,1-3H3. The maximum atomic E-state index is 9.18. The van der Waals surface area contributed by atoms with Crippen molar-refractivity contribution in [2.24, 2.45) is 0 Å². The largest absolute Gasteiger partial charge is 0.352 e. The summed E-state index contributed by atoms with van der Waals surface area (Å²) in [7, 11) is 2.16. The minimum Gasteiger partial charge on any atom is -0.352 e. The molecule has 0 aliphatic carbocycles. The lowest BCUT2D eigenvalue weighted by Gasteiger charge is -2.34. The number of fused-ring (bicyclic) bond motifs is 5. The zero-order chi connectivity index (χ0) is 14.8. The van der Waals surface area contributed by atoms with Gasteiger partial charge in [-0.05, 0) is 35.9 Å². The topological polar surface area (TPSA) is 30.3 Å². The Bertz CT molecular complexity index is 785. The van der Waals surface area contributed by atoms with Gasteiger partial charge in [-0.15, -0.1) is 0 Å². The van der Waals surface area contributed by atoms with E-state index in [1.165, 1.54) is 22.6 Å². The van der Waals surface area contributed by atoms with Crippen molar-refractivity contribution in [2.75, 3.05) is 16.8 Å². The van der Waals surface area contributed by atoms with Crippen LogP contribution in [-0.4, -0.2) is 13.2 Å². The Kier molecular flexibility index (Phi) is 2.22. The van der Waals surface area contributed by atoms with Crippen LogP contribution < -0.4 is 9.80 Å². The van der Waals surface area contributed by atoms with Crippen LogP contribution in [0.5, 0.6) is 0 Å². The molecule has 0 spiro atoms. The molecule has 2 aliphatic rings. The molecule has 0 amide bonds. The molecule has 3 nitrogen and oxygen atoms in total. The maximum Gasteiger partial charge on any atom is 0.115 e. The fourth-order valence-corrected chi connectivity index (χ4v) is 3.94. The number of hydrogen-bond donors (Lipinski definition) is 0. The van der Waals surface area contributed by atoms with Gasteiger partial charge in [0.1, 0.15) is 6.17 Å². The van der Waals surface area contributed by atoms with E-state index in [1.807, 2.05) is 12.1 Å². The lowest BCUT2D eigenvalue weighted by atomic mass is 9.83. The van der Waals surface area contributed by atoms with Crippen LogP contribution >= 0.6 is 0 Å². The predicted molar refractivity (Wildman–Crippen MR) is 85.0 cm³/mol. The minimum atomic E-state index is -0.0318. The molecule has 0 saturated heterocycles. The van der Waals surface area contributed by atoms with Crippen molar-refractivity contribution in [3.05, 3.63) is 53.6 Å². The van der Waals surface area contributed by atoms with E-state index in [2.05, 4.69) is 67.1 Å². The minimum absolute atomic E-state index is 0.0318. The molecule has 3 heteroatoms. The maximum absolute atomic E-state index is 9.18. The number of anilines is 3. The van der Waals surface area contributed by atoms with Crippen LogP contribution in [0, 0.1) is 11.3 Å². The SMILES string of the molecule is CN1c2ccccc2N2c3ccc(C#N)cc3C(C)(C)C12. The highest BCUT2D eigenvalue weighted by molar-refractivity contribution is 5.88. The van der Waals surface area contributed by atoms with Gasteiger partial charge in [0.25, 0.3) is 0 Å². The van der Waals surface area contributed by atoms with E-state index in [0.717, 1.165) is 5.56 Å². The summed E-state index contributed by atoms with van der Waals surface area (Å²) in [6, 6.07) is 16.8. The Morgan fingerprint density at radius 2 is 1.76 bits per heavy atom. The molecule has 4 rings (SSSR count). The summed E-state index contributed by atoms with van der Waals surface area (Å²) in [6.45, 7) is 4.53. The summed E-state index contributed by atoms with van der Waals surface area (Å²) in [5, 5.41) is 9.18. The Balaban J connectivity index is 2.00. The summed E-state index contributed by atoms with van der Waals surface area (Å²) in [5.41, 5.74) is 5.70. The molecule has 0 radical (unpaired) electrons. The second-order valence-corrected chi connectivity index (χ2v) is 6.41. The summed E-state index contributed by atoms with van der Waals surface area (Å²) in [5.74, 6) is 0. The van der Waals surface area contributed by atoms with Crippen LogP contribution in [0.1, 0.15) is 25.0 Å². The van der Waals surface area contributed by atoms with E-state index < -0.39 is 0 Å². The molecule has 2 aromatic carbocycles. The Morgan fingerprint density at radius 1 is 1.05 bits per heavy atom. The Labute approximate surface area is 125 Å². The predicted octanol–water partition coefficient (Wildman–Crippen LogP) is 3.76. The third-order valence-corrected chi connectivity index (χ3v) is 4.86. The molecule has 2 aliphatic heterocycles. The van der Waals surface area contributed by atoms with Crippen molar-refractivity contribution < 1.29 is 0 Å². The number of likely N-dealkylation sites (N-methyl/N-ethyl adjacent to an activating group) is 1. The monoisotopic (exact) mass is 275 g/mol. The van der Waals surface area contributed by atoms with Gasteiger partial charge in [-0.2, -0.15) is 5.26 Å². The van der Waals surface area contributed by atoms with Crippen LogP contribution in [-0.2, 0) is 5.41 Å². The highest BCUT2D eigenvalue weighted by Crippen LogP contribution is 2.56. The van der Waals surface area contributed by atoms with Crippen LogP contribution in [0.25, 0.3) is 0 Å². The van der Waals surface area contributed by atoms with E-state index in [9.17, 15) is 5.26 Å². The van der Waals surface area contributed by atoms with Gasteiger partial charge in [0.15, 0.2) is 0 Å². The molecule has 0 saturated carbocycles. The van der Waals surface area contributed by atoms with Gasteiger partial charge < -0.3 is 9.80 Å². The number of hydrogen-bond acceptors (Lipinski definition) is 3. The van der Waals surface area contributed by atoms with E-state index in [0.29, 0.717) is 0 Å². The van der Waals surface area contributed by atoms with Crippen LogP contribution in [0.15, 0.2) is 42.5 Å². The van der Waals surface area contributed by atoms with Gasteiger partial charge in [0.2, 0.25) is 0 Å². The molecule has 21 heavy (non-hydrogen) atoms. The fraction of sp³-hybridized carbons (Fsp3) is 0.278. The molecule has 0 bridgehead atoms. The molecule has 2 heterocycles. The molecule has 104 valence electrons. The third kappa shape index (κ3) is 1.37. The normalized spacial score (nSPS) is 20.8. The van der Waals surface area contributed by atoms with E-state index in [1.54, 1.807) is 0 Å². The van der Waals surface area contributed by atoms with E-state index in [-0.39, 0.29) is 11.6 Å². The number of nitriles is 1. The first-order valence-corrected chi connectivity index (χ1v) is 7.21. The first-order valence-electron chi connectivity index (χ1n) is 7.21. The van der Waals surface area contributed by atoms with Crippen molar-refractivity contribution >= 4 is 17.1 Å². The molecule has 1 unspecified atom stereocenters. The fourth-order valence-electron chi connectivity index (χ4n) is 3.94. The molecule has 0 N–H and O–H groups in total. The highest BCUT2D eigenvalue weighted by Gasteiger charge is 2.51. The second-order valence-electron chi connectivity index (χ2n) is 6.41. The zero-order valence-electron chi connectivity index (χ0n) is 12.5. The van der Waals surface area contributed by atoms with Crippen LogP contribution in [0.3, 0.4) is 0 Å². The average molecular weight is 275 g/mol. The third-order valence-electron chi connectivity index (χ3n) is 4.86. The van der Waals surface area contributed by atoms with Crippen molar-refractivity contribution in [3.63, 3.8) is 0 Å². The van der Waals surface area contributed by atoms with Crippen LogP contribution in [0.2, 0.25) is 0 Å². The van der Waals surface area contributed by atoms with Gasteiger partial charge in [-0.3, -0.25) is 0 Å². The number of benzene rings is 2. The molecule has 1 atom stereocenters.